The third-order valence-corrected chi connectivity index (χ3v) is 4.46. The standard InChI is InChI=1S/C22H35N5O5/c23-22(24)26-12-7-2-1-6-10-19(29)27-15-18(28)14-20(30)25-13-11-21(31)32-16-17-8-4-3-5-9-17/h3-5,8-9,18,28H,1-2,6-7,10-16H2,(H,25,30)(H,27,29)(H4,23,24,26)/t18-/m1/s1. The zero-order valence-corrected chi connectivity index (χ0v) is 18.4. The molecule has 0 aliphatic carbocycles. The summed E-state index contributed by atoms with van der Waals surface area (Å²) in [6.07, 6.45) is 2.62. The lowest BCUT2D eigenvalue weighted by Gasteiger charge is -2.12. The smallest absolute Gasteiger partial charge is 0.307 e. The number of carbonyl (C=O) groups excluding carboxylic acids is 3. The summed E-state index contributed by atoms with van der Waals surface area (Å²) in [6.45, 7) is 0.881. The first-order valence-corrected chi connectivity index (χ1v) is 10.8. The van der Waals surface area contributed by atoms with Gasteiger partial charge in [0, 0.05) is 26.1 Å². The molecule has 1 atom stereocenters. The molecular weight excluding hydrogens is 414 g/mol. The van der Waals surface area contributed by atoms with Crippen LogP contribution in [0.3, 0.4) is 0 Å². The van der Waals surface area contributed by atoms with Crippen molar-refractivity contribution >= 4 is 23.7 Å². The summed E-state index contributed by atoms with van der Waals surface area (Å²) in [5.74, 6) is -0.908. The van der Waals surface area contributed by atoms with Gasteiger partial charge in [0.15, 0.2) is 5.96 Å². The number of rotatable bonds is 16. The maximum Gasteiger partial charge on any atom is 0.307 e. The van der Waals surface area contributed by atoms with Gasteiger partial charge in [0.1, 0.15) is 6.61 Å². The molecule has 10 nitrogen and oxygen atoms in total. The summed E-state index contributed by atoms with van der Waals surface area (Å²) < 4.78 is 5.12. The molecule has 0 saturated heterocycles. The summed E-state index contributed by atoms with van der Waals surface area (Å²) in [5.41, 5.74) is 11.4. The number of hydrogen-bond donors (Lipinski definition) is 5. The SMILES string of the molecule is NC(N)=NCCCCCCC(=O)NC[C@H](O)CC(=O)NCCC(=O)OCc1ccccc1. The highest BCUT2D eigenvalue weighted by atomic mass is 16.5. The van der Waals surface area contributed by atoms with Crippen LogP contribution < -0.4 is 22.1 Å². The number of esters is 1. The number of hydrogen-bond acceptors (Lipinski definition) is 6. The Kier molecular flexibility index (Phi) is 13.9. The van der Waals surface area contributed by atoms with Crippen molar-refractivity contribution in [3.63, 3.8) is 0 Å². The predicted octanol–water partition coefficient (Wildman–Crippen LogP) is 0.327. The number of nitrogens with one attached hydrogen (secondary N) is 2. The number of unbranched alkanes of at least 4 members (excludes halogenated alkanes) is 3. The molecule has 0 aliphatic heterocycles. The monoisotopic (exact) mass is 449 g/mol. The van der Waals surface area contributed by atoms with E-state index in [9.17, 15) is 19.5 Å². The fraction of sp³-hybridized carbons (Fsp3) is 0.545. The Morgan fingerprint density at radius 1 is 0.969 bits per heavy atom. The predicted molar refractivity (Wildman–Crippen MR) is 121 cm³/mol. The molecule has 1 aromatic rings. The molecule has 0 radical (unpaired) electrons. The number of aliphatic imine (C=N–C) groups is 1. The Morgan fingerprint density at radius 3 is 2.41 bits per heavy atom. The van der Waals surface area contributed by atoms with E-state index >= 15 is 0 Å². The Balaban J connectivity index is 2.02. The van der Waals surface area contributed by atoms with E-state index in [1.165, 1.54) is 0 Å². The molecule has 0 aliphatic rings. The van der Waals surface area contributed by atoms with Crippen LogP contribution in [0.1, 0.15) is 50.5 Å². The van der Waals surface area contributed by atoms with Crippen molar-refractivity contribution in [3.8, 4) is 0 Å². The van der Waals surface area contributed by atoms with E-state index in [-0.39, 0.29) is 44.4 Å². The lowest BCUT2D eigenvalue weighted by molar-refractivity contribution is -0.144. The van der Waals surface area contributed by atoms with Crippen LogP contribution in [0.2, 0.25) is 0 Å². The first-order chi connectivity index (χ1) is 15.4. The van der Waals surface area contributed by atoms with Crippen molar-refractivity contribution in [2.24, 2.45) is 16.5 Å². The van der Waals surface area contributed by atoms with E-state index in [4.69, 9.17) is 16.2 Å². The van der Waals surface area contributed by atoms with Crippen LogP contribution in [0, 0.1) is 0 Å². The van der Waals surface area contributed by atoms with E-state index in [1.807, 2.05) is 30.3 Å². The van der Waals surface area contributed by atoms with E-state index in [1.54, 1.807) is 0 Å². The van der Waals surface area contributed by atoms with Crippen molar-refractivity contribution in [3.05, 3.63) is 35.9 Å². The first-order valence-electron chi connectivity index (χ1n) is 10.8. The molecular formula is C22H35N5O5. The lowest BCUT2D eigenvalue weighted by Crippen LogP contribution is -2.36. The van der Waals surface area contributed by atoms with Crippen molar-refractivity contribution < 1.29 is 24.2 Å². The Bertz CT molecular complexity index is 723. The molecule has 10 heteroatoms. The maximum atomic E-state index is 11.8. The van der Waals surface area contributed by atoms with Crippen LogP contribution in [0.25, 0.3) is 0 Å². The van der Waals surface area contributed by atoms with Gasteiger partial charge < -0.3 is 31.9 Å². The lowest BCUT2D eigenvalue weighted by atomic mass is 10.1. The van der Waals surface area contributed by atoms with Crippen LogP contribution in [0.15, 0.2) is 35.3 Å². The van der Waals surface area contributed by atoms with Crippen LogP contribution >= 0.6 is 0 Å². The summed E-state index contributed by atoms with van der Waals surface area (Å²) in [7, 11) is 0. The van der Waals surface area contributed by atoms with Gasteiger partial charge in [0.05, 0.1) is 18.9 Å². The molecule has 178 valence electrons. The zero-order chi connectivity index (χ0) is 23.6. The number of nitrogens with two attached hydrogens (primary N) is 2. The van der Waals surface area contributed by atoms with Gasteiger partial charge in [-0.25, -0.2) is 0 Å². The molecule has 0 unspecified atom stereocenters. The third kappa shape index (κ3) is 14.8. The minimum absolute atomic E-state index is 0.00410. The molecule has 1 aromatic carbocycles. The maximum absolute atomic E-state index is 11.8. The topological polar surface area (TPSA) is 169 Å². The second-order valence-electron chi connectivity index (χ2n) is 7.38. The number of amides is 2. The highest BCUT2D eigenvalue weighted by Crippen LogP contribution is 2.04. The Hall–Kier alpha value is -3.14. The Labute approximate surface area is 188 Å². The molecule has 0 bridgehead atoms. The van der Waals surface area contributed by atoms with Gasteiger partial charge in [-0.2, -0.15) is 0 Å². The summed E-state index contributed by atoms with van der Waals surface area (Å²) in [4.78, 5) is 39.2. The molecule has 0 fully saturated rings. The van der Waals surface area contributed by atoms with E-state index < -0.39 is 18.0 Å². The molecule has 0 aromatic heterocycles. The van der Waals surface area contributed by atoms with Crippen molar-refractivity contribution in [2.45, 2.75) is 57.7 Å². The van der Waals surface area contributed by atoms with Gasteiger partial charge in [0.25, 0.3) is 0 Å². The van der Waals surface area contributed by atoms with Gasteiger partial charge in [-0.05, 0) is 18.4 Å². The number of nitrogens with zero attached hydrogens (tertiary/aromatic N) is 1. The van der Waals surface area contributed by atoms with Gasteiger partial charge in [-0.15, -0.1) is 0 Å². The fourth-order valence-corrected chi connectivity index (χ4v) is 2.75. The minimum atomic E-state index is -0.997. The number of carbonyl (C=O) groups is 3. The average molecular weight is 450 g/mol. The quantitative estimate of drug-likeness (QED) is 0.105. The second kappa shape index (κ2) is 16.5. The molecule has 2 amide bonds. The third-order valence-electron chi connectivity index (χ3n) is 4.46. The van der Waals surface area contributed by atoms with E-state index in [0.717, 1.165) is 31.2 Å². The van der Waals surface area contributed by atoms with Crippen molar-refractivity contribution in [1.29, 1.82) is 0 Å². The van der Waals surface area contributed by atoms with Gasteiger partial charge >= 0.3 is 5.97 Å². The van der Waals surface area contributed by atoms with Gasteiger partial charge in [-0.3, -0.25) is 19.4 Å². The second-order valence-corrected chi connectivity index (χ2v) is 7.38. The average Bonchev–Trinajstić information content (AvgIpc) is 2.76. The normalized spacial score (nSPS) is 11.3. The van der Waals surface area contributed by atoms with Crippen LogP contribution in [0.5, 0.6) is 0 Å². The fourth-order valence-electron chi connectivity index (χ4n) is 2.75. The number of guanidine groups is 1. The highest BCUT2D eigenvalue weighted by Gasteiger charge is 2.13. The van der Waals surface area contributed by atoms with E-state index in [0.29, 0.717) is 13.0 Å². The number of ether oxygens (including phenoxy) is 1. The number of benzene rings is 1. The zero-order valence-electron chi connectivity index (χ0n) is 18.4. The van der Waals surface area contributed by atoms with Crippen LogP contribution in [0.4, 0.5) is 0 Å². The highest BCUT2D eigenvalue weighted by molar-refractivity contribution is 5.78. The van der Waals surface area contributed by atoms with E-state index in [2.05, 4.69) is 15.6 Å². The number of aliphatic hydroxyl groups is 1. The summed E-state index contributed by atoms with van der Waals surface area (Å²) in [5, 5.41) is 15.1. The summed E-state index contributed by atoms with van der Waals surface area (Å²) in [6, 6.07) is 9.30. The molecule has 0 heterocycles. The molecule has 0 saturated carbocycles. The minimum Gasteiger partial charge on any atom is -0.461 e. The van der Waals surface area contributed by atoms with Crippen LogP contribution in [-0.2, 0) is 25.7 Å². The molecule has 7 N–H and O–H groups in total. The molecule has 0 spiro atoms. The molecule has 1 rings (SSSR count). The van der Waals surface area contributed by atoms with Crippen molar-refractivity contribution in [2.75, 3.05) is 19.6 Å². The van der Waals surface area contributed by atoms with Crippen LogP contribution in [-0.4, -0.2) is 54.6 Å². The Morgan fingerprint density at radius 2 is 1.69 bits per heavy atom. The van der Waals surface area contributed by atoms with Crippen molar-refractivity contribution in [1.82, 2.24) is 10.6 Å². The van der Waals surface area contributed by atoms with Gasteiger partial charge in [0.2, 0.25) is 11.8 Å². The van der Waals surface area contributed by atoms with Gasteiger partial charge in [-0.1, -0.05) is 43.2 Å². The number of aliphatic hydroxyl groups excluding tert-OH is 1. The largest absolute Gasteiger partial charge is 0.461 e. The first kappa shape index (κ1) is 26.9. The summed E-state index contributed by atoms with van der Waals surface area (Å²) >= 11 is 0. The molecule has 32 heavy (non-hydrogen) atoms.